The molecular weight excluding hydrogens is 246 g/mol. The van der Waals surface area contributed by atoms with E-state index in [1.807, 2.05) is 25.1 Å². The average molecular weight is 267 g/mol. The van der Waals surface area contributed by atoms with Gasteiger partial charge in [0.25, 0.3) is 0 Å². The number of benzene rings is 1. The fourth-order valence-electron chi connectivity index (χ4n) is 1.81. The summed E-state index contributed by atoms with van der Waals surface area (Å²) in [5, 5.41) is 11.6. The smallest absolute Gasteiger partial charge is 0.220 e. The second kappa shape index (κ2) is 7.63. The zero-order chi connectivity index (χ0) is 14.3. The van der Waals surface area contributed by atoms with E-state index >= 15 is 0 Å². The van der Waals surface area contributed by atoms with Crippen LogP contribution in [0.15, 0.2) is 18.2 Å². The summed E-state index contributed by atoms with van der Waals surface area (Å²) in [6.07, 6.45) is 0.779. The first-order chi connectivity index (χ1) is 9.12. The maximum absolute atomic E-state index is 11.6. The van der Waals surface area contributed by atoms with Crippen LogP contribution in [-0.2, 0) is 4.79 Å². The number of hydrogen-bond acceptors (Lipinski definition) is 4. The molecular formula is C14H21NO4. The highest BCUT2D eigenvalue weighted by Crippen LogP contribution is 2.29. The van der Waals surface area contributed by atoms with Gasteiger partial charge in [-0.05, 0) is 31.5 Å². The van der Waals surface area contributed by atoms with Gasteiger partial charge in [-0.15, -0.1) is 0 Å². The van der Waals surface area contributed by atoms with Crippen molar-refractivity contribution in [3.8, 4) is 11.5 Å². The van der Waals surface area contributed by atoms with Crippen LogP contribution in [0.5, 0.6) is 11.5 Å². The minimum absolute atomic E-state index is 0.0181. The highest BCUT2D eigenvalue weighted by Gasteiger charge is 2.14. The third-order valence-electron chi connectivity index (χ3n) is 2.84. The Morgan fingerprint density at radius 2 is 2.11 bits per heavy atom. The third-order valence-corrected chi connectivity index (χ3v) is 2.84. The van der Waals surface area contributed by atoms with E-state index in [2.05, 4.69) is 5.32 Å². The van der Waals surface area contributed by atoms with Crippen molar-refractivity contribution in [2.75, 3.05) is 20.8 Å². The SMILES string of the molecule is COc1ccc(OC)c(C(C)NC(=O)CCCO)c1. The number of rotatable bonds is 7. The summed E-state index contributed by atoms with van der Waals surface area (Å²) in [6.45, 7) is 1.90. The highest BCUT2D eigenvalue weighted by molar-refractivity contribution is 5.76. The summed E-state index contributed by atoms with van der Waals surface area (Å²) >= 11 is 0. The van der Waals surface area contributed by atoms with Gasteiger partial charge in [0.05, 0.1) is 20.3 Å². The molecule has 1 aromatic rings. The van der Waals surface area contributed by atoms with Crippen LogP contribution in [-0.4, -0.2) is 31.8 Å². The lowest BCUT2D eigenvalue weighted by molar-refractivity contribution is -0.122. The molecule has 0 spiro atoms. The van der Waals surface area contributed by atoms with Crippen LogP contribution in [0.3, 0.4) is 0 Å². The number of aliphatic hydroxyl groups excluding tert-OH is 1. The number of hydrogen-bond donors (Lipinski definition) is 2. The van der Waals surface area contributed by atoms with Crippen molar-refractivity contribution >= 4 is 5.91 Å². The average Bonchev–Trinajstić information content (AvgIpc) is 2.44. The van der Waals surface area contributed by atoms with Crippen molar-refractivity contribution in [1.29, 1.82) is 0 Å². The van der Waals surface area contributed by atoms with Crippen LogP contribution < -0.4 is 14.8 Å². The van der Waals surface area contributed by atoms with Crippen LogP contribution in [0.1, 0.15) is 31.4 Å². The zero-order valence-electron chi connectivity index (χ0n) is 11.6. The Morgan fingerprint density at radius 3 is 2.68 bits per heavy atom. The zero-order valence-corrected chi connectivity index (χ0v) is 11.6. The molecule has 5 nitrogen and oxygen atoms in total. The van der Waals surface area contributed by atoms with Gasteiger partial charge in [-0.1, -0.05) is 0 Å². The first-order valence-corrected chi connectivity index (χ1v) is 6.24. The number of ether oxygens (including phenoxy) is 2. The van der Waals surface area contributed by atoms with Crippen LogP contribution in [0.4, 0.5) is 0 Å². The van der Waals surface area contributed by atoms with E-state index in [0.717, 1.165) is 5.56 Å². The molecule has 1 aromatic carbocycles. The van der Waals surface area contributed by atoms with Gasteiger partial charge in [-0.3, -0.25) is 4.79 Å². The number of aliphatic hydroxyl groups is 1. The van der Waals surface area contributed by atoms with Crippen molar-refractivity contribution in [2.24, 2.45) is 0 Å². The molecule has 0 saturated heterocycles. The van der Waals surface area contributed by atoms with Crippen LogP contribution in [0, 0.1) is 0 Å². The molecule has 2 N–H and O–H groups in total. The number of carbonyl (C=O) groups excluding carboxylic acids is 1. The van der Waals surface area contributed by atoms with Gasteiger partial charge in [0, 0.05) is 18.6 Å². The highest BCUT2D eigenvalue weighted by atomic mass is 16.5. The topological polar surface area (TPSA) is 67.8 Å². The third kappa shape index (κ3) is 4.44. The van der Waals surface area contributed by atoms with Crippen LogP contribution >= 0.6 is 0 Å². The number of nitrogens with one attached hydrogen (secondary N) is 1. The molecule has 106 valence electrons. The summed E-state index contributed by atoms with van der Waals surface area (Å²) < 4.78 is 10.5. The maximum Gasteiger partial charge on any atom is 0.220 e. The Kier molecular flexibility index (Phi) is 6.15. The molecule has 0 aliphatic rings. The van der Waals surface area contributed by atoms with Gasteiger partial charge in [0.1, 0.15) is 11.5 Å². The van der Waals surface area contributed by atoms with Gasteiger partial charge in [-0.25, -0.2) is 0 Å². The monoisotopic (exact) mass is 267 g/mol. The van der Waals surface area contributed by atoms with E-state index in [1.54, 1.807) is 14.2 Å². The molecule has 0 radical (unpaired) electrons. The molecule has 0 fully saturated rings. The summed E-state index contributed by atoms with van der Waals surface area (Å²) in [6, 6.07) is 5.28. The van der Waals surface area contributed by atoms with E-state index < -0.39 is 0 Å². The second-order valence-corrected chi connectivity index (χ2v) is 4.22. The predicted octanol–water partition coefficient (Wildman–Crippen LogP) is 1.65. The molecule has 0 aromatic heterocycles. The largest absolute Gasteiger partial charge is 0.497 e. The lowest BCUT2D eigenvalue weighted by atomic mass is 10.1. The summed E-state index contributed by atoms with van der Waals surface area (Å²) in [4.78, 5) is 11.6. The number of carbonyl (C=O) groups is 1. The van der Waals surface area contributed by atoms with E-state index in [-0.39, 0.29) is 18.6 Å². The fraction of sp³-hybridized carbons (Fsp3) is 0.500. The Labute approximate surface area is 113 Å². The molecule has 5 heteroatoms. The van der Waals surface area contributed by atoms with Crippen LogP contribution in [0.25, 0.3) is 0 Å². The minimum Gasteiger partial charge on any atom is -0.497 e. The van der Waals surface area contributed by atoms with Crippen molar-refractivity contribution in [3.05, 3.63) is 23.8 Å². The summed E-state index contributed by atoms with van der Waals surface area (Å²) in [7, 11) is 3.18. The number of amides is 1. The minimum atomic E-state index is -0.184. The molecule has 0 bridgehead atoms. The van der Waals surface area contributed by atoms with E-state index in [0.29, 0.717) is 24.3 Å². The molecule has 0 aliphatic heterocycles. The Bertz CT molecular complexity index is 420. The standard InChI is InChI=1S/C14H21NO4/c1-10(15-14(17)5-4-8-16)12-9-11(18-2)6-7-13(12)19-3/h6-7,9-10,16H,4-5,8H2,1-3H3,(H,15,17). The molecule has 1 rings (SSSR count). The van der Waals surface area contributed by atoms with Gasteiger partial charge in [0.2, 0.25) is 5.91 Å². The van der Waals surface area contributed by atoms with Gasteiger partial charge < -0.3 is 19.9 Å². The van der Waals surface area contributed by atoms with Crippen molar-refractivity contribution < 1.29 is 19.4 Å². The lowest BCUT2D eigenvalue weighted by Crippen LogP contribution is -2.26. The van der Waals surface area contributed by atoms with Crippen molar-refractivity contribution in [2.45, 2.75) is 25.8 Å². The van der Waals surface area contributed by atoms with Gasteiger partial charge in [0.15, 0.2) is 0 Å². The van der Waals surface area contributed by atoms with Crippen LogP contribution in [0.2, 0.25) is 0 Å². The summed E-state index contributed by atoms with van der Waals surface area (Å²) in [5.41, 5.74) is 0.860. The quantitative estimate of drug-likeness (QED) is 0.788. The number of methoxy groups -OCH3 is 2. The maximum atomic E-state index is 11.6. The normalized spacial score (nSPS) is 11.8. The molecule has 0 heterocycles. The van der Waals surface area contributed by atoms with Crippen molar-refractivity contribution in [1.82, 2.24) is 5.32 Å². The molecule has 1 unspecified atom stereocenters. The Morgan fingerprint density at radius 1 is 1.37 bits per heavy atom. The Balaban J connectivity index is 2.79. The molecule has 0 aliphatic carbocycles. The van der Waals surface area contributed by atoms with E-state index in [9.17, 15) is 4.79 Å². The fourth-order valence-corrected chi connectivity index (χ4v) is 1.81. The predicted molar refractivity (Wildman–Crippen MR) is 72.4 cm³/mol. The first-order valence-electron chi connectivity index (χ1n) is 6.24. The second-order valence-electron chi connectivity index (χ2n) is 4.22. The molecule has 1 amide bonds. The van der Waals surface area contributed by atoms with Crippen molar-refractivity contribution in [3.63, 3.8) is 0 Å². The first kappa shape index (κ1) is 15.3. The summed E-state index contributed by atoms with van der Waals surface area (Å²) in [5.74, 6) is 1.33. The van der Waals surface area contributed by atoms with E-state index in [1.165, 1.54) is 0 Å². The molecule has 1 atom stereocenters. The van der Waals surface area contributed by atoms with Gasteiger partial charge in [-0.2, -0.15) is 0 Å². The Hall–Kier alpha value is -1.75. The van der Waals surface area contributed by atoms with Gasteiger partial charge >= 0.3 is 0 Å². The van der Waals surface area contributed by atoms with E-state index in [4.69, 9.17) is 14.6 Å². The lowest BCUT2D eigenvalue weighted by Gasteiger charge is -2.18. The molecule has 0 saturated carbocycles. The molecule has 19 heavy (non-hydrogen) atoms.